The summed E-state index contributed by atoms with van der Waals surface area (Å²) in [7, 11) is 0. The van der Waals surface area contributed by atoms with Gasteiger partial charge in [-0.15, -0.1) is 0 Å². The fourth-order valence-corrected chi connectivity index (χ4v) is 2.43. The van der Waals surface area contributed by atoms with Gasteiger partial charge in [0.1, 0.15) is 0 Å². The van der Waals surface area contributed by atoms with E-state index in [4.69, 9.17) is 0 Å². The molecule has 3 nitrogen and oxygen atoms in total. The Morgan fingerprint density at radius 3 is 2.57 bits per heavy atom. The predicted octanol–water partition coefficient (Wildman–Crippen LogP) is 2.46. The Labute approximate surface area is 122 Å². The molecule has 1 amide bonds. The molecule has 6 heteroatoms. The van der Waals surface area contributed by atoms with E-state index in [0.29, 0.717) is 25.9 Å². The molecule has 21 heavy (non-hydrogen) atoms. The molecule has 1 aliphatic heterocycles. The lowest BCUT2D eigenvalue weighted by Gasteiger charge is -2.32. The number of hydrogen-bond acceptors (Lipinski definition) is 2. The first-order valence-electron chi connectivity index (χ1n) is 7.03. The maximum absolute atomic E-state index is 12.4. The first kappa shape index (κ1) is 15.8. The maximum atomic E-state index is 12.4. The van der Waals surface area contributed by atoms with Crippen molar-refractivity contribution in [3.63, 3.8) is 0 Å². The van der Waals surface area contributed by atoms with Crippen molar-refractivity contribution in [2.24, 2.45) is 0 Å². The lowest BCUT2D eigenvalue weighted by Crippen LogP contribution is -2.51. The number of nitrogens with zero attached hydrogens (tertiary/aromatic N) is 1. The van der Waals surface area contributed by atoms with Gasteiger partial charge in [0.15, 0.2) is 0 Å². The number of carbonyl (C=O) groups is 1. The number of halogens is 3. The van der Waals surface area contributed by atoms with E-state index in [0.717, 1.165) is 24.2 Å². The topological polar surface area (TPSA) is 32.3 Å². The third-order valence-corrected chi connectivity index (χ3v) is 3.63. The van der Waals surface area contributed by atoms with Crippen molar-refractivity contribution in [1.82, 2.24) is 10.2 Å². The van der Waals surface area contributed by atoms with E-state index < -0.39 is 11.7 Å². The molecule has 1 aliphatic rings. The zero-order valence-corrected chi connectivity index (χ0v) is 11.9. The van der Waals surface area contributed by atoms with Gasteiger partial charge >= 0.3 is 6.18 Å². The Hall–Kier alpha value is -1.56. The van der Waals surface area contributed by atoms with Crippen LogP contribution in [0.3, 0.4) is 0 Å². The Kier molecular flexibility index (Phi) is 4.88. The average Bonchev–Trinajstić information content (AvgIpc) is 2.44. The number of aryl methyl sites for hydroxylation is 1. The van der Waals surface area contributed by atoms with Gasteiger partial charge in [-0.2, -0.15) is 13.2 Å². The summed E-state index contributed by atoms with van der Waals surface area (Å²) < 4.78 is 37.3. The third kappa shape index (κ3) is 4.46. The number of nitrogens with one attached hydrogen (secondary N) is 1. The Balaban J connectivity index is 1.86. The molecule has 0 bridgehead atoms. The second-order valence-corrected chi connectivity index (χ2v) is 5.39. The Bertz CT molecular complexity index is 485. The Morgan fingerprint density at radius 2 is 2.00 bits per heavy atom. The standard InChI is InChI=1S/C15H19F3N2O/c1-11-10-20(9-8-19-11)14(21)7-4-12-2-5-13(6-3-12)15(16,17)18/h2-3,5-6,11,19H,4,7-10H2,1H3/t11-/m1/s1. The molecule has 0 saturated carbocycles. The summed E-state index contributed by atoms with van der Waals surface area (Å²) in [4.78, 5) is 13.9. The van der Waals surface area contributed by atoms with Gasteiger partial charge < -0.3 is 10.2 Å². The van der Waals surface area contributed by atoms with Crippen LogP contribution in [0.1, 0.15) is 24.5 Å². The summed E-state index contributed by atoms with van der Waals surface area (Å²) in [6, 6.07) is 5.29. The summed E-state index contributed by atoms with van der Waals surface area (Å²) in [6.07, 6.45) is -3.52. The van der Waals surface area contributed by atoms with Crippen molar-refractivity contribution < 1.29 is 18.0 Å². The highest BCUT2D eigenvalue weighted by molar-refractivity contribution is 5.76. The van der Waals surface area contributed by atoms with Crippen molar-refractivity contribution in [3.05, 3.63) is 35.4 Å². The van der Waals surface area contributed by atoms with Gasteiger partial charge in [0.2, 0.25) is 5.91 Å². The second kappa shape index (κ2) is 6.47. The van der Waals surface area contributed by atoms with Gasteiger partial charge in [0.05, 0.1) is 5.56 Å². The molecule has 116 valence electrons. The largest absolute Gasteiger partial charge is 0.416 e. The molecule has 1 atom stereocenters. The van der Waals surface area contributed by atoms with Crippen LogP contribution in [0.15, 0.2) is 24.3 Å². The summed E-state index contributed by atoms with van der Waals surface area (Å²) >= 11 is 0. The Morgan fingerprint density at radius 1 is 1.33 bits per heavy atom. The van der Waals surface area contributed by atoms with Crippen LogP contribution in [0.2, 0.25) is 0 Å². The van der Waals surface area contributed by atoms with Crippen molar-refractivity contribution >= 4 is 5.91 Å². The summed E-state index contributed by atoms with van der Waals surface area (Å²) in [5, 5.41) is 3.26. The van der Waals surface area contributed by atoms with Crippen molar-refractivity contribution in [2.75, 3.05) is 19.6 Å². The van der Waals surface area contributed by atoms with Gasteiger partial charge in [-0.1, -0.05) is 12.1 Å². The normalized spacial score (nSPS) is 19.6. The molecule has 0 radical (unpaired) electrons. The van der Waals surface area contributed by atoms with Crippen LogP contribution in [0.25, 0.3) is 0 Å². The van der Waals surface area contributed by atoms with E-state index >= 15 is 0 Å². The molecule has 0 spiro atoms. The minimum Gasteiger partial charge on any atom is -0.340 e. The van der Waals surface area contributed by atoms with Crippen LogP contribution in [0, 0.1) is 0 Å². The minimum absolute atomic E-state index is 0.0586. The molecule has 0 aromatic heterocycles. The van der Waals surface area contributed by atoms with Gasteiger partial charge in [-0.3, -0.25) is 4.79 Å². The lowest BCUT2D eigenvalue weighted by molar-refractivity contribution is -0.137. The molecule has 1 saturated heterocycles. The average molecular weight is 300 g/mol. The number of rotatable bonds is 3. The lowest BCUT2D eigenvalue weighted by atomic mass is 10.1. The summed E-state index contributed by atoms with van der Waals surface area (Å²) in [5.41, 5.74) is 0.0908. The van der Waals surface area contributed by atoms with E-state index in [1.165, 1.54) is 12.1 Å². The van der Waals surface area contributed by atoms with E-state index in [1.807, 2.05) is 11.8 Å². The van der Waals surface area contributed by atoms with Crippen LogP contribution < -0.4 is 5.32 Å². The van der Waals surface area contributed by atoms with Crippen molar-refractivity contribution in [1.29, 1.82) is 0 Å². The van der Waals surface area contributed by atoms with E-state index in [9.17, 15) is 18.0 Å². The van der Waals surface area contributed by atoms with Gasteiger partial charge in [-0.05, 0) is 31.0 Å². The molecule has 1 aromatic rings. The predicted molar refractivity (Wildman–Crippen MR) is 73.8 cm³/mol. The quantitative estimate of drug-likeness (QED) is 0.930. The maximum Gasteiger partial charge on any atom is 0.416 e. The number of hydrogen-bond donors (Lipinski definition) is 1. The third-order valence-electron chi connectivity index (χ3n) is 3.63. The van der Waals surface area contributed by atoms with Gasteiger partial charge in [0.25, 0.3) is 0 Å². The molecule has 0 aliphatic carbocycles. The fourth-order valence-electron chi connectivity index (χ4n) is 2.43. The molecular formula is C15H19F3N2O. The highest BCUT2D eigenvalue weighted by atomic mass is 19.4. The van der Waals surface area contributed by atoms with E-state index in [2.05, 4.69) is 5.32 Å². The fraction of sp³-hybridized carbons (Fsp3) is 0.533. The zero-order valence-electron chi connectivity index (χ0n) is 11.9. The molecular weight excluding hydrogens is 281 g/mol. The molecule has 1 aromatic carbocycles. The molecule has 2 rings (SSSR count). The van der Waals surface area contributed by atoms with Crippen molar-refractivity contribution in [3.8, 4) is 0 Å². The molecule has 1 N–H and O–H groups in total. The van der Waals surface area contributed by atoms with E-state index in [1.54, 1.807) is 0 Å². The molecule has 1 fully saturated rings. The number of alkyl halides is 3. The van der Waals surface area contributed by atoms with Crippen LogP contribution >= 0.6 is 0 Å². The van der Waals surface area contributed by atoms with Gasteiger partial charge in [-0.25, -0.2) is 0 Å². The summed E-state index contributed by atoms with van der Waals surface area (Å²) in [5.74, 6) is 0.0586. The highest BCUT2D eigenvalue weighted by Gasteiger charge is 2.30. The van der Waals surface area contributed by atoms with Crippen molar-refractivity contribution in [2.45, 2.75) is 32.0 Å². The smallest absolute Gasteiger partial charge is 0.340 e. The van der Waals surface area contributed by atoms with Gasteiger partial charge in [0, 0.05) is 32.1 Å². The number of benzene rings is 1. The number of piperazine rings is 1. The highest BCUT2D eigenvalue weighted by Crippen LogP contribution is 2.29. The second-order valence-electron chi connectivity index (χ2n) is 5.39. The van der Waals surface area contributed by atoms with Crippen LogP contribution in [-0.4, -0.2) is 36.5 Å². The monoisotopic (exact) mass is 300 g/mol. The molecule has 1 heterocycles. The zero-order chi connectivity index (χ0) is 15.5. The minimum atomic E-state index is -4.31. The first-order chi connectivity index (χ1) is 9.86. The van der Waals surface area contributed by atoms with Crippen LogP contribution in [0.5, 0.6) is 0 Å². The van der Waals surface area contributed by atoms with Crippen LogP contribution in [0.4, 0.5) is 13.2 Å². The van der Waals surface area contributed by atoms with E-state index in [-0.39, 0.29) is 11.9 Å². The molecule has 0 unspecified atom stereocenters. The van der Waals surface area contributed by atoms with Crippen LogP contribution in [-0.2, 0) is 17.4 Å². The number of carbonyl (C=O) groups excluding carboxylic acids is 1. The SMILES string of the molecule is C[C@@H]1CN(C(=O)CCc2ccc(C(F)(F)F)cc2)CCN1. The number of amides is 1. The first-order valence-corrected chi connectivity index (χ1v) is 7.03. The summed E-state index contributed by atoms with van der Waals surface area (Å²) in [6.45, 7) is 4.19.